The van der Waals surface area contributed by atoms with Crippen LogP contribution in [0.5, 0.6) is 0 Å². The summed E-state index contributed by atoms with van der Waals surface area (Å²) in [7, 11) is 0. The molecule has 0 saturated carbocycles. The molecule has 2 aromatic rings. The minimum atomic E-state index is -0.513. The standard InChI is InChI=1S/C12H9N5O/c13-7-11(6-10-4-2-1-3-5-10)12(18)16-17-8-14-15-9-17/h1-6,8-9H,(H,16,18)/b11-6+. The number of nitrogens with one attached hydrogen (secondary N) is 1. The van der Waals surface area contributed by atoms with E-state index in [-0.39, 0.29) is 5.57 Å². The molecule has 0 unspecified atom stereocenters. The number of nitrogens with zero attached hydrogens (tertiary/aromatic N) is 4. The second-order valence-corrected chi connectivity index (χ2v) is 3.39. The van der Waals surface area contributed by atoms with Crippen LogP contribution in [0, 0.1) is 11.3 Å². The average molecular weight is 239 g/mol. The molecule has 0 fully saturated rings. The van der Waals surface area contributed by atoms with Crippen molar-refractivity contribution < 1.29 is 4.79 Å². The van der Waals surface area contributed by atoms with E-state index in [1.165, 1.54) is 23.4 Å². The van der Waals surface area contributed by atoms with E-state index in [0.29, 0.717) is 0 Å². The van der Waals surface area contributed by atoms with Gasteiger partial charge >= 0.3 is 0 Å². The maximum Gasteiger partial charge on any atom is 0.280 e. The van der Waals surface area contributed by atoms with Crippen LogP contribution in [0.4, 0.5) is 0 Å². The Hall–Kier alpha value is -2.94. The summed E-state index contributed by atoms with van der Waals surface area (Å²) in [6.45, 7) is 0. The monoisotopic (exact) mass is 239 g/mol. The number of carbonyl (C=O) groups is 1. The predicted octanol–water partition coefficient (Wildman–Crippen LogP) is 0.955. The van der Waals surface area contributed by atoms with Crippen LogP contribution in [-0.4, -0.2) is 20.8 Å². The molecule has 0 saturated heterocycles. The van der Waals surface area contributed by atoms with E-state index < -0.39 is 5.91 Å². The molecule has 0 bridgehead atoms. The van der Waals surface area contributed by atoms with E-state index in [1.807, 2.05) is 36.4 Å². The lowest BCUT2D eigenvalue weighted by atomic mass is 10.1. The SMILES string of the molecule is N#C/C(=C\c1ccccc1)C(=O)Nn1cnnc1. The van der Waals surface area contributed by atoms with Crippen LogP contribution in [0.15, 0.2) is 48.6 Å². The highest BCUT2D eigenvalue weighted by Gasteiger charge is 2.08. The Labute approximate surface area is 103 Å². The van der Waals surface area contributed by atoms with Crippen molar-refractivity contribution in [2.24, 2.45) is 0 Å². The number of amides is 1. The van der Waals surface area contributed by atoms with Gasteiger partial charge in [0.25, 0.3) is 5.91 Å². The van der Waals surface area contributed by atoms with Gasteiger partial charge in [-0.1, -0.05) is 30.3 Å². The molecule has 18 heavy (non-hydrogen) atoms. The zero-order valence-electron chi connectivity index (χ0n) is 9.32. The summed E-state index contributed by atoms with van der Waals surface area (Å²) in [5.41, 5.74) is 3.25. The smallest absolute Gasteiger partial charge is 0.267 e. The van der Waals surface area contributed by atoms with Crippen LogP contribution in [0.25, 0.3) is 6.08 Å². The van der Waals surface area contributed by atoms with E-state index in [0.717, 1.165) is 5.56 Å². The van der Waals surface area contributed by atoms with Crippen LogP contribution in [0.1, 0.15) is 5.56 Å². The molecule has 0 atom stereocenters. The normalized spacial score (nSPS) is 10.7. The van der Waals surface area contributed by atoms with Crippen molar-refractivity contribution in [2.45, 2.75) is 0 Å². The van der Waals surface area contributed by atoms with Gasteiger partial charge < -0.3 is 0 Å². The maximum atomic E-state index is 11.8. The number of aromatic nitrogens is 3. The van der Waals surface area contributed by atoms with Gasteiger partial charge in [0.05, 0.1) is 0 Å². The zero-order chi connectivity index (χ0) is 12.8. The lowest BCUT2D eigenvalue weighted by Gasteiger charge is -2.02. The van der Waals surface area contributed by atoms with Crippen LogP contribution in [0.2, 0.25) is 0 Å². The highest BCUT2D eigenvalue weighted by Crippen LogP contribution is 2.06. The zero-order valence-corrected chi connectivity index (χ0v) is 9.32. The maximum absolute atomic E-state index is 11.8. The number of hydrogen-bond acceptors (Lipinski definition) is 4. The largest absolute Gasteiger partial charge is 0.280 e. The van der Waals surface area contributed by atoms with Crippen LogP contribution in [0.3, 0.4) is 0 Å². The molecule has 1 aromatic heterocycles. The van der Waals surface area contributed by atoms with Gasteiger partial charge in [-0.3, -0.25) is 10.2 Å². The third-order valence-electron chi connectivity index (χ3n) is 2.13. The minimum Gasteiger partial charge on any atom is -0.267 e. The Kier molecular flexibility index (Phi) is 3.47. The number of hydrogen-bond donors (Lipinski definition) is 1. The summed E-state index contributed by atoms with van der Waals surface area (Å²) < 4.78 is 1.28. The van der Waals surface area contributed by atoms with E-state index in [4.69, 9.17) is 5.26 Å². The number of nitriles is 1. The molecule has 0 aliphatic heterocycles. The fourth-order valence-corrected chi connectivity index (χ4v) is 1.30. The quantitative estimate of drug-likeness (QED) is 0.638. The first-order chi connectivity index (χ1) is 8.79. The first-order valence-corrected chi connectivity index (χ1v) is 5.12. The fraction of sp³-hybridized carbons (Fsp3) is 0. The van der Waals surface area contributed by atoms with E-state index in [9.17, 15) is 4.79 Å². The first kappa shape index (κ1) is 11.5. The Morgan fingerprint density at radius 2 is 1.94 bits per heavy atom. The lowest BCUT2D eigenvalue weighted by Crippen LogP contribution is -2.22. The molecule has 2 rings (SSSR count). The Morgan fingerprint density at radius 1 is 1.28 bits per heavy atom. The molecule has 1 aromatic carbocycles. The molecule has 88 valence electrons. The molecule has 6 nitrogen and oxygen atoms in total. The molecule has 1 N–H and O–H groups in total. The molecular weight excluding hydrogens is 230 g/mol. The first-order valence-electron chi connectivity index (χ1n) is 5.12. The highest BCUT2D eigenvalue weighted by atomic mass is 16.2. The van der Waals surface area contributed by atoms with Gasteiger partial charge in [-0.25, -0.2) is 4.68 Å². The summed E-state index contributed by atoms with van der Waals surface area (Å²) in [5, 5.41) is 16.0. The van der Waals surface area contributed by atoms with E-state index in [1.54, 1.807) is 0 Å². The Morgan fingerprint density at radius 3 is 2.56 bits per heavy atom. The molecule has 1 amide bonds. The van der Waals surface area contributed by atoms with Gasteiger partial charge in [0, 0.05) is 0 Å². The van der Waals surface area contributed by atoms with Crippen LogP contribution < -0.4 is 5.43 Å². The van der Waals surface area contributed by atoms with Crippen molar-refractivity contribution in [3.8, 4) is 6.07 Å². The van der Waals surface area contributed by atoms with Gasteiger partial charge in [-0.15, -0.1) is 10.2 Å². The van der Waals surface area contributed by atoms with Crippen molar-refractivity contribution in [1.29, 1.82) is 5.26 Å². The van der Waals surface area contributed by atoms with Crippen molar-refractivity contribution in [3.63, 3.8) is 0 Å². The van der Waals surface area contributed by atoms with Gasteiger partial charge in [0.1, 0.15) is 24.3 Å². The van der Waals surface area contributed by atoms with Gasteiger partial charge in [0.2, 0.25) is 0 Å². The molecule has 0 aliphatic carbocycles. The average Bonchev–Trinajstić information content (AvgIpc) is 2.90. The van der Waals surface area contributed by atoms with Gasteiger partial charge in [-0.05, 0) is 11.6 Å². The molecular formula is C12H9N5O. The molecule has 0 aliphatic rings. The predicted molar refractivity (Wildman–Crippen MR) is 64.4 cm³/mol. The van der Waals surface area contributed by atoms with Crippen molar-refractivity contribution in [1.82, 2.24) is 14.9 Å². The van der Waals surface area contributed by atoms with Crippen LogP contribution in [-0.2, 0) is 4.79 Å². The van der Waals surface area contributed by atoms with E-state index in [2.05, 4.69) is 15.6 Å². The number of carbonyl (C=O) groups excluding carboxylic acids is 1. The summed E-state index contributed by atoms with van der Waals surface area (Å²) in [4.78, 5) is 11.8. The van der Waals surface area contributed by atoms with Crippen molar-refractivity contribution >= 4 is 12.0 Å². The Balaban J connectivity index is 2.17. The van der Waals surface area contributed by atoms with Crippen molar-refractivity contribution in [3.05, 3.63) is 54.1 Å². The molecule has 0 radical (unpaired) electrons. The third kappa shape index (κ3) is 2.80. The highest BCUT2D eigenvalue weighted by molar-refractivity contribution is 6.06. The summed E-state index contributed by atoms with van der Waals surface area (Å²) in [6.07, 6.45) is 4.17. The van der Waals surface area contributed by atoms with Gasteiger partial charge in [-0.2, -0.15) is 5.26 Å². The molecule has 6 heteroatoms. The molecule has 1 heterocycles. The topological polar surface area (TPSA) is 83.6 Å². The third-order valence-corrected chi connectivity index (χ3v) is 2.13. The molecule has 0 spiro atoms. The summed E-state index contributed by atoms with van der Waals surface area (Å²) >= 11 is 0. The van der Waals surface area contributed by atoms with Crippen molar-refractivity contribution in [2.75, 3.05) is 5.43 Å². The number of rotatable bonds is 3. The number of benzene rings is 1. The van der Waals surface area contributed by atoms with Crippen LogP contribution >= 0.6 is 0 Å². The second-order valence-electron chi connectivity index (χ2n) is 3.39. The summed E-state index contributed by atoms with van der Waals surface area (Å²) in [6, 6.07) is 11.0. The second kappa shape index (κ2) is 5.41. The summed E-state index contributed by atoms with van der Waals surface area (Å²) in [5.74, 6) is -0.513. The van der Waals surface area contributed by atoms with E-state index >= 15 is 0 Å². The minimum absolute atomic E-state index is 0.00917. The Bertz CT molecular complexity index is 595. The fourth-order valence-electron chi connectivity index (χ4n) is 1.30. The van der Waals surface area contributed by atoms with Gasteiger partial charge in [0.15, 0.2) is 0 Å². The lowest BCUT2D eigenvalue weighted by molar-refractivity contribution is -0.113.